The quantitative estimate of drug-likeness (QED) is 0.532. The van der Waals surface area contributed by atoms with Crippen LogP contribution >= 0.6 is 0 Å². The van der Waals surface area contributed by atoms with E-state index in [0.29, 0.717) is 12.6 Å². The molecule has 8 nitrogen and oxygen atoms in total. The lowest BCUT2D eigenvalue weighted by Crippen LogP contribution is -2.52. The third kappa shape index (κ3) is 5.48. The first-order valence-corrected chi connectivity index (χ1v) is 11.1. The summed E-state index contributed by atoms with van der Waals surface area (Å²) in [6.45, 7) is 7.46. The summed E-state index contributed by atoms with van der Waals surface area (Å²) in [7, 11) is 6.09. The van der Waals surface area contributed by atoms with Crippen molar-refractivity contribution >= 4 is 5.96 Å². The van der Waals surface area contributed by atoms with Gasteiger partial charge in [0.15, 0.2) is 11.8 Å². The second kappa shape index (κ2) is 9.89. The molecule has 3 rings (SSSR count). The summed E-state index contributed by atoms with van der Waals surface area (Å²) >= 11 is 0. The van der Waals surface area contributed by atoms with Gasteiger partial charge < -0.3 is 20.3 Å². The van der Waals surface area contributed by atoms with E-state index in [1.807, 2.05) is 4.68 Å². The molecular weight excluding hydrogens is 366 g/mol. The van der Waals surface area contributed by atoms with Crippen LogP contribution in [-0.4, -0.2) is 71.5 Å². The average molecular weight is 406 g/mol. The van der Waals surface area contributed by atoms with Gasteiger partial charge in [0.25, 0.3) is 0 Å². The molecule has 0 spiro atoms. The van der Waals surface area contributed by atoms with Crippen molar-refractivity contribution in [2.45, 2.75) is 77.1 Å². The standard InChI is InChI=1S/C21H39N7O/c1-6-22-20(23-15-21(27(3)4)11-7-8-16(2)12-21)24-17-9-10-19-25-18(14-29-5)26-28(19)13-17/h16-17H,6-15H2,1-5H3,(H2,22,23,24). The molecule has 1 fully saturated rings. The van der Waals surface area contributed by atoms with Crippen molar-refractivity contribution in [2.24, 2.45) is 10.9 Å². The monoisotopic (exact) mass is 405 g/mol. The Kier molecular flexibility index (Phi) is 7.51. The SMILES string of the molecule is CCNC(=NCC1(N(C)C)CCCC(C)C1)NC1CCc2nc(COC)nn2C1. The van der Waals surface area contributed by atoms with E-state index in [1.165, 1.54) is 25.7 Å². The van der Waals surface area contributed by atoms with Crippen LogP contribution < -0.4 is 10.6 Å². The fraction of sp³-hybridized carbons (Fsp3) is 0.857. The van der Waals surface area contributed by atoms with Gasteiger partial charge in [-0.2, -0.15) is 5.10 Å². The molecule has 3 unspecified atom stereocenters. The number of methoxy groups -OCH3 is 1. The Morgan fingerprint density at radius 1 is 1.38 bits per heavy atom. The van der Waals surface area contributed by atoms with E-state index in [0.717, 1.165) is 56.0 Å². The maximum atomic E-state index is 5.17. The fourth-order valence-electron chi connectivity index (χ4n) is 4.73. The lowest BCUT2D eigenvalue weighted by Gasteiger charge is -2.44. The second-order valence-corrected chi connectivity index (χ2v) is 8.95. The summed E-state index contributed by atoms with van der Waals surface area (Å²) in [4.78, 5) is 12.0. The highest BCUT2D eigenvalue weighted by Gasteiger charge is 2.37. The Balaban J connectivity index is 1.66. The predicted molar refractivity (Wildman–Crippen MR) is 116 cm³/mol. The van der Waals surface area contributed by atoms with Gasteiger partial charge in [0.2, 0.25) is 0 Å². The Morgan fingerprint density at radius 2 is 2.21 bits per heavy atom. The first kappa shape index (κ1) is 22.0. The highest BCUT2D eigenvalue weighted by Crippen LogP contribution is 2.35. The number of aliphatic imine (C=N–C) groups is 1. The number of fused-ring (bicyclic) bond motifs is 1. The molecule has 2 aliphatic rings. The van der Waals surface area contributed by atoms with Gasteiger partial charge in [-0.05, 0) is 46.2 Å². The smallest absolute Gasteiger partial charge is 0.191 e. The van der Waals surface area contributed by atoms with Crippen LogP contribution in [0.5, 0.6) is 0 Å². The predicted octanol–water partition coefficient (Wildman–Crippen LogP) is 1.80. The van der Waals surface area contributed by atoms with E-state index in [4.69, 9.17) is 9.73 Å². The normalized spacial score (nSPS) is 27.7. The number of nitrogens with zero attached hydrogens (tertiary/aromatic N) is 5. The van der Waals surface area contributed by atoms with Crippen molar-refractivity contribution in [2.75, 3.05) is 34.3 Å². The number of aryl methyl sites for hydroxylation is 1. The van der Waals surface area contributed by atoms with E-state index >= 15 is 0 Å². The summed E-state index contributed by atoms with van der Waals surface area (Å²) < 4.78 is 7.18. The summed E-state index contributed by atoms with van der Waals surface area (Å²) in [5, 5.41) is 11.7. The van der Waals surface area contributed by atoms with Crippen LogP contribution in [0, 0.1) is 5.92 Å². The lowest BCUT2D eigenvalue weighted by atomic mass is 9.75. The molecule has 0 saturated heterocycles. The van der Waals surface area contributed by atoms with Gasteiger partial charge >= 0.3 is 0 Å². The van der Waals surface area contributed by atoms with E-state index in [-0.39, 0.29) is 5.54 Å². The fourth-order valence-corrected chi connectivity index (χ4v) is 4.73. The maximum absolute atomic E-state index is 5.17. The third-order valence-corrected chi connectivity index (χ3v) is 6.41. The molecule has 1 aliphatic heterocycles. The van der Waals surface area contributed by atoms with Crippen molar-refractivity contribution in [1.82, 2.24) is 30.3 Å². The lowest BCUT2D eigenvalue weighted by molar-refractivity contribution is 0.0844. The van der Waals surface area contributed by atoms with Gasteiger partial charge in [-0.25, -0.2) is 9.67 Å². The molecule has 2 N–H and O–H groups in total. The molecule has 0 aromatic carbocycles. The third-order valence-electron chi connectivity index (χ3n) is 6.41. The first-order valence-electron chi connectivity index (χ1n) is 11.1. The second-order valence-electron chi connectivity index (χ2n) is 8.95. The highest BCUT2D eigenvalue weighted by molar-refractivity contribution is 5.80. The molecule has 0 amide bonds. The zero-order valence-electron chi connectivity index (χ0n) is 18.9. The Labute approximate surface area is 175 Å². The number of rotatable bonds is 7. The van der Waals surface area contributed by atoms with Crippen molar-refractivity contribution in [3.8, 4) is 0 Å². The number of likely N-dealkylation sites (N-methyl/N-ethyl adjacent to an activating group) is 1. The minimum Gasteiger partial charge on any atom is -0.377 e. The number of hydrogen-bond donors (Lipinski definition) is 2. The summed E-state index contributed by atoms with van der Waals surface area (Å²) in [6.07, 6.45) is 7.03. The van der Waals surface area contributed by atoms with E-state index in [2.05, 4.69) is 53.6 Å². The van der Waals surface area contributed by atoms with Gasteiger partial charge in [0.1, 0.15) is 12.4 Å². The van der Waals surface area contributed by atoms with Crippen LogP contribution in [0.3, 0.4) is 0 Å². The molecular formula is C21H39N7O. The molecule has 1 saturated carbocycles. The van der Waals surface area contributed by atoms with Gasteiger partial charge in [-0.3, -0.25) is 4.99 Å². The number of aromatic nitrogens is 3. The zero-order valence-corrected chi connectivity index (χ0v) is 18.9. The molecule has 0 radical (unpaired) electrons. The van der Waals surface area contributed by atoms with Crippen LogP contribution in [0.15, 0.2) is 4.99 Å². The number of ether oxygens (including phenoxy) is 1. The minimum absolute atomic E-state index is 0.167. The van der Waals surface area contributed by atoms with Crippen molar-refractivity contribution in [3.63, 3.8) is 0 Å². The maximum Gasteiger partial charge on any atom is 0.191 e. The first-order chi connectivity index (χ1) is 14.0. The number of nitrogens with one attached hydrogen (secondary N) is 2. The topological polar surface area (TPSA) is 79.6 Å². The van der Waals surface area contributed by atoms with Crippen LogP contribution in [0.2, 0.25) is 0 Å². The summed E-state index contributed by atoms with van der Waals surface area (Å²) in [5.41, 5.74) is 0.167. The molecule has 3 atom stereocenters. The van der Waals surface area contributed by atoms with E-state index in [9.17, 15) is 0 Å². The van der Waals surface area contributed by atoms with Crippen LogP contribution in [0.4, 0.5) is 0 Å². The average Bonchev–Trinajstić information content (AvgIpc) is 3.08. The number of guanidine groups is 1. The molecule has 29 heavy (non-hydrogen) atoms. The van der Waals surface area contributed by atoms with E-state index in [1.54, 1.807) is 7.11 Å². The molecule has 8 heteroatoms. The van der Waals surface area contributed by atoms with Crippen LogP contribution in [0.25, 0.3) is 0 Å². The van der Waals surface area contributed by atoms with Crippen LogP contribution in [0.1, 0.15) is 57.6 Å². The molecule has 1 aliphatic carbocycles. The largest absolute Gasteiger partial charge is 0.377 e. The Bertz CT molecular complexity index is 687. The number of hydrogen-bond acceptors (Lipinski definition) is 5. The van der Waals surface area contributed by atoms with Gasteiger partial charge in [-0.1, -0.05) is 19.8 Å². The molecule has 164 valence electrons. The van der Waals surface area contributed by atoms with Gasteiger partial charge in [-0.15, -0.1) is 0 Å². The summed E-state index contributed by atoms with van der Waals surface area (Å²) in [5.74, 6) is 3.50. The van der Waals surface area contributed by atoms with E-state index < -0.39 is 0 Å². The Hall–Kier alpha value is -1.67. The molecule has 2 heterocycles. The van der Waals surface area contributed by atoms with Crippen molar-refractivity contribution in [1.29, 1.82) is 0 Å². The minimum atomic E-state index is 0.167. The van der Waals surface area contributed by atoms with Crippen molar-refractivity contribution in [3.05, 3.63) is 11.6 Å². The molecule has 0 bridgehead atoms. The van der Waals surface area contributed by atoms with Gasteiger partial charge in [0.05, 0.1) is 13.1 Å². The Morgan fingerprint density at radius 3 is 2.90 bits per heavy atom. The molecule has 1 aromatic heterocycles. The van der Waals surface area contributed by atoms with Crippen LogP contribution in [-0.2, 0) is 24.3 Å². The van der Waals surface area contributed by atoms with Gasteiger partial charge in [0, 0.05) is 31.7 Å². The zero-order chi connectivity index (χ0) is 20.9. The highest BCUT2D eigenvalue weighted by atomic mass is 16.5. The molecule has 1 aromatic rings. The van der Waals surface area contributed by atoms with Crippen molar-refractivity contribution < 1.29 is 4.74 Å². The summed E-state index contributed by atoms with van der Waals surface area (Å²) in [6, 6.07) is 0.304.